The van der Waals surface area contributed by atoms with Crippen LogP contribution in [0.1, 0.15) is 32.1 Å². The quantitative estimate of drug-likeness (QED) is 0.819. The van der Waals surface area contributed by atoms with E-state index >= 15 is 0 Å². The summed E-state index contributed by atoms with van der Waals surface area (Å²) in [6, 6.07) is 4.48. The highest BCUT2D eigenvalue weighted by Gasteiger charge is 2.50. The van der Waals surface area contributed by atoms with E-state index in [1.807, 2.05) is 0 Å². The maximum absolute atomic E-state index is 13.5. The number of anilines is 2. The van der Waals surface area contributed by atoms with E-state index < -0.39 is 5.82 Å². The third kappa shape index (κ3) is 2.21. The summed E-state index contributed by atoms with van der Waals surface area (Å²) >= 11 is 0. The molecule has 4 fully saturated rings. The van der Waals surface area contributed by atoms with Crippen molar-refractivity contribution in [2.45, 2.75) is 32.1 Å². The molecule has 0 saturated heterocycles. The Balaban J connectivity index is 1.51. The molecule has 1 aromatic rings. The van der Waals surface area contributed by atoms with Gasteiger partial charge in [0.1, 0.15) is 5.82 Å². The fraction of sp³-hybridized carbons (Fsp3) is 0.588. The summed E-state index contributed by atoms with van der Waals surface area (Å²) in [6.45, 7) is 0. The molecule has 0 radical (unpaired) electrons. The van der Waals surface area contributed by atoms with Gasteiger partial charge in [-0.1, -0.05) is 0 Å². The first-order chi connectivity index (χ1) is 10.1. The summed E-state index contributed by atoms with van der Waals surface area (Å²) in [5, 5.41) is 2.90. The van der Waals surface area contributed by atoms with Crippen LogP contribution in [0.3, 0.4) is 0 Å². The van der Waals surface area contributed by atoms with Crippen LogP contribution >= 0.6 is 0 Å². The van der Waals surface area contributed by atoms with Crippen molar-refractivity contribution in [3.8, 4) is 0 Å². The first-order valence-electron chi connectivity index (χ1n) is 7.96. The highest BCUT2D eigenvalue weighted by Crippen LogP contribution is 2.56. The zero-order valence-corrected chi connectivity index (χ0v) is 12.0. The van der Waals surface area contributed by atoms with Crippen LogP contribution in [0, 0.1) is 35.4 Å². The van der Waals surface area contributed by atoms with Gasteiger partial charge < -0.3 is 11.1 Å². The number of nitrogens with two attached hydrogens (primary N) is 1. The van der Waals surface area contributed by atoms with Gasteiger partial charge in [0.25, 0.3) is 0 Å². The molecule has 0 unspecified atom stereocenters. The molecule has 1 amide bonds. The van der Waals surface area contributed by atoms with Crippen molar-refractivity contribution < 1.29 is 9.18 Å². The van der Waals surface area contributed by atoms with E-state index in [9.17, 15) is 9.18 Å². The number of rotatable bonds is 2. The lowest BCUT2D eigenvalue weighted by molar-refractivity contribution is -0.132. The molecule has 3 N–H and O–H groups in total. The SMILES string of the molecule is Nc1ccc(NC(=O)C2C3CC4CC(C3)CC2C4)cc1F. The van der Waals surface area contributed by atoms with Crippen LogP contribution in [0.4, 0.5) is 15.8 Å². The molecule has 3 nitrogen and oxygen atoms in total. The minimum Gasteiger partial charge on any atom is -0.396 e. The van der Waals surface area contributed by atoms with E-state index in [1.54, 1.807) is 6.07 Å². The Bertz CT molecular complexity index is 558. The van der Waals surface area contributed by atoms with Crippen molar-refractivity contribution in [3.63, 3.8) is 0 Å². The van der Waals surface area contributed by atoms with Crippen LogP contribution in [0.25, 0.3) is 0 Å². The number of halogens is 1. The highest BCUT2D eigenvalue weighted by molar-refractivity contribution is 5.93. The third-order valence-corrected chi connectivity index (χ3v) is 5.80. The molecule has 1 aromatic carbocycles. The van der Waals surface area contributed by atoms with E-state index in [1.165, 1.54) is 44.2 Å². The van der Waals surface area contributed by atoms with E-state index in [2.05, 4.69) is 5.32 Å². The lowest BCUT2D eigenvalue weighted by Crippen LogP contribution is -2.49. The number of carbonyl (C=O) groups excluding carboxylic acids is 1. The largest absolute Gasteiger partial charge is 0.396 e. The van der Waals surface area contributed by atoms with Gasteiger partial charge in [-0.05, 0) is 74.0 Å². The Kier molecular flexibility index (Phi) is 2.95. The molecule has 0 atom stereocenters. The van der Waals surface area contributed by atoms with E-state index in [-0.39, 0.29) is 17.5 Å². The molecule has 0 aliphatic heterocycles. The maximum atomic E-state index is 13.5. The second-order valence-corrected chi connectivity index (χ2v) is 7.18. The van der Waals surface area contributed by atoms with Gasteiger partial charge in [-0.3, -0.25) is 4.79 Å². The molecule has 4 aliphatic rings. The summed E-state index contributed by atoms with van der Waals surface area (Å²) in [4.78, 5) is 12.6. The van der Waals surface area contributed by atoms with E-state index in [4.69, 9.17) is 5.73 Å². The van der Waals surface area contributed by atoms with Gasteiger partial charge in [-0.2, -0.15) is 0 Å². The van der Waals surface area contributed by atoms with Gasteiger partial charge in [0.05, 0.1) is 5.69 Å². The Morgan fingerprint density at radius 2 is 1.71 bits per heavy atom. The van der Waals surface area contributed by atoms with Crippen LogP contribution in [-0.4, -0.2) is 5.91 Å². The van der Waals surface area contributed by atoms with Crippen molar-refractivity contribution in [1.29, 1.82) is 0 Å². The lowest BCUT2D eigenvalue weighted by Gasteiger charge is -2.53. The molecule has 4 heteroatoms. The topological polar surface area (TPSA) is 55.1 Å². The summed E-state index contributed by atoms with van der Waals surface area (Å²) in [6.07, 6.45) is 6.22. The summed E-state index contributed by atoms with van der Waals surface area (Å²) in [5.74, 6) is 2.51. The molecular formula is C17H21FN2O. The standard InChI is InChI=1S/C17H21FN2O/c18-14-8-13(1-2-15(14)19)20-17(21)16-11-4-9-3-10(6-11)7-12(16)5-9/h1-2,8-12,16H,3-7,19H2,(H,20,21). The van der Waals surface area contributed by atoms with Gasteiger partial charge in [0, 0.05) is 11.6 Å². The summed E-state index contributed by atoms with van der Waals surface area (Å²) in [5.41, 5.74) is 6.10. The van der Waals surface area contributed by atoms with Crippen LogP contribution in [0.15, 0.2) is 18.2 Å². The zero-order valence-electron chi connectivity index (χ0n) is 12.0. The van der Waals surface area contributed by atoms with Gasteiger partial charge in [-0.15, -0.1) is 0 Å². The number of benzene rings is 1. The van der Waals surface area contributed by atoms with Gasteiger partial charge in [0.2, 0.25) is 5.91 Å². The van der Waals surface area contributed by atoms with Crippen LogP contribution in [-0.2, 0) is 4.79 Å². The van der Waals surface area contributed by atoms with Crippen molar-refractivity contribution in [2.24, 2.45) is 29.6 Å². The number of nitrogen functional groups attached to an aromatic ring is 1. The average molecular weight is 288 g/mol. The van der Waals surface area contributed by atoms with Gasteiger partial charge in [0.15, 0.2) is 0 Å². The van der Waals surface area contributed by atoms with Crippen molar-refractivity contribution in [2.75, 3.05) is 11.1 Å². The molecule has 4 bridgehead atoms. The first kappa shape index (κ1) is 13.1. The molecule has 4 aliphatic carbocycles. The molecule has 0 aromatic heterocycles. The monoisotopic (exact) mass is 288 g/mol. The molecule has 0 heterocycles. The van der Waals surface area contributed by atoms with Crippen LogP contribution in [0.5, 0.6) is 0 Å². The fourth-order valence-corrected chi connectivity index (χ4v) is 5.18. The van der Waals surface area contributed by atoms with Crippen LogP contribution in [0.2, 0.25) is 0 Å². The minimum atomic E-state index is -0.474. The number of hydrogen-bond acceptors (Lipinski definition) is 2. The molecular weight excluding hydrogens is 267 g/mol. The molecule has 112 valence electrons. The lowest BCUT2D eigenvalue weighted by atomic mass is 9.51. The van der Waals surface area contributed by atoms with Gasteiger partial charge >= 0.3 is 0 Å². The van der Waals surface area contributed by atoms with Crippen molar-refractivity contribution >= 4 is 17.3 Å². The number of carbonyl (C=O) groups is 1. The molecule has 5 rings (SSSR count). The predicted octanol–water partition coefficient (Wildman–Crippen LogP) is 3.42. The smallest absolute Gasteiger partial charge is 0.228 e. The van der Waals surface area contributed by atoms with Crippen molar-refractivity contribution in [1.82, 2.24) is 0 Å². The summed E-state index contributed by atoms with van der Waals surface area (Å²) in [7, 11) is 0. The Morgan fingerprint density at radius 3 is 2.29 bits per heavy atom. The fourth-order valence-electron chi connectivity index (χ4n) is 5.18. The Labute approximate surface area is 124 Å². The zero-order chi connectivity index (χ0) is 14.6. The van der Waals surface area contributed by atoms with Crippen molar-refractivity contribution in [3.05, 3.63) is 24.0 Å². The minimum absolute atomic E-state index is 0.0768. The van der Waals surface area contributed by atoms with Gasteiger partial charge in [-0.25, -0.2) is 4.39 Å². The Hall–Kier alpha value is -1.58. The normalized spacial score (nSPS) is 36.7. The molecule has 21 heavy (non-hydrogen) atoms. The maximum Gasteiger partial charge on any atom is 0.228 e. The molecule has 0 spiro atoms. The Morgan fingerprint density at radius 1 is 1.10 bits per heavy atom. The predicted molar refractivity (Wildman–Crippen MR) is 80.0 cm³/mol. The highest BCUT2D eigenvalue weighted by atomic mass is 19.1. The van der Waals surface area contributed by atoms with E-state index in [0.717, 1.165) is 11.8 Å². The number of amides is 1. The average Bonchev–Trinajstić information content (AvgIpc) is 2.41. The first-order valence-corrected chi connectivity index (χ1v) is 7.96. The second kappa shape index (κ2) is 4.72. The number of nitrogens with one attached hydrogen (secondary N) is 1. The van der Waals surface area contributed by atoms with Crippen LogP contribution < -0.4 is 11.1 Å². The summed E-state index contributed by atoms with van der Waals surface area (Å²) < 4.78 is 13.5. The second-order valence-electron chi connectivity index (χ2n) is 7.18. The third-order valence-electron chi connectivity index (χ3n) is 5.80. The number of hydrogen-bond donors (Lipinski definition) is 2. The molecule has 4 saturated carbocycles. The van der Waals surface area contributed by atoms with E-state index in [0.29, 0.717) is 17.5 Å².